The Bertz CT molecular complexity index is 1170. The number of amides is 4. The first-order valence-electron chi connectivity index (χ1n) is 11.3. The molecule has 1 fully saturated rings. The fourth-order valence-corrected chi connectivity index (χ4v) is 6.47. The van der Waals surface area contributed by atoms with Crippen molar-refractivity contribution in [2.75, 3.05) is 18.5 Å². The number of carbonyl (C=O) groups excluding carboxylic acids is 4. The third-order valence-corrected chi connectivity index (χ3v) is 7.81. The molecule has 1 unspecified atom stereocenters. The van der Waals surface area contributed by atoms with Crippen LogP contribution in [0.2, 0.25) is 0 Å². The quantitative estimate of drug-likeness (QED) is 0.519. The predicted octanol–water partition coefficient (Wildman–Crippen LogP) is 3.14. The van der Waals surface area contributed by atoms with Crippen molar-refractivity contribution < 1.29 is 23.9 Å². The van der Waals surface area contributed by atoms with Crippen LogP contribution in [0.25, 0.3) is 0 Å². The zero-order chi connectivity index (χ0) is 23.2. The van der Waals surface area contributed by atoms with Crippen LogP contribution >= 0.6 is 11.3 Å². The molecule has 4 amide bonds. The zero-order valence-electron chi connectivity index (χ0n) is 18.4. The van der Waals surface area contributed by atoms with Crippen molar-refractivity contribution in [3.05, 3.63) is 51.4 Å². The van der Waals surface area contributed by atoms with E-state index in [1.54, 1.807) is 6.92 Å². The molecule has 1 aromatic carbocycles. The number of urea groups is 1. The lowest BCUT2D eigenvalue weighted by Gasteiger charge is -2.33. The Morgan fingerprint density at radius 3 is 2.82 bits per heavy atom. The average molecular weight is 468 g/mol. The summed E-state index contributed by atoms with van der Waals surface area (Å²) in [6.07, 6.45) is 4.71. The molecule has 3 aliphatic rings. The van der Waals surface area contributed by atoms with Gasteiger partial charge in [0.1, 0.15) is 17.1 Å². The molecular weight excluding hydrogens is 442 g/mol. The maximum atomic E-state index is 13.4. The number of aryl methyl sites for hydroxylation is 2. The highest BCUT2D eigenvalue weighted by molar-refractivity contribution is 7.17. The number of rotatable bonds is 5. The molecule has 0 radical (unpaired) electrons. The number of thiophene rings is 1. The molecule has 0 saturated carbocycles. The van der Waals surface area contributed by atoms with Crippen molar-refractivity contribution in [3.63, 3.8) is 0 Å². The summed E-state index contributed by atoms with van der Waals surface area (Å²) in [5.74, 6) is -1.39. The average Bonchev–Trinajstić information content (AvgIpc) is 3.43. The SMILES string of the molecule is CCOC(=O)c1c(NC(=O)CN2C(=O)NC3(CCCc4ccccc43)C2=O)sc2c1CCC2. The van der Waals surface area contributed by atoms with Crippen molar-refractivity contribution in [3.8, 4) is 0 Å². The van der Waals surface area contributed by atoms with Gasteiger partial charge in [-0.2, -0.15) is 0 Å². The topological polar surface area (TPSA) is 105 Å². The lowest BCUT2D eigenvalue weighted by molar-refractivity contribution is -0.134. The smallest absolute Gasteiger partial charge is 0.341 e. The van der Waals surface area contributed by atoms with Crippen LogP contribution < -0.4 is 10.6 Å². The van der Waals surface area contributed by atoms with Gasteiger partial charge in [-0.1, -0.05) is 24.3 Å². The largest absolute Gasteiger partial charge is 0.462 e. The molecule has 2 aliphatic carbocycles. The summed E-state index contributed by atoms with van der Waals surface area (Å²) in [5, 5.41) is 6.04. The number of ether oxygens (including phenoxy) is 1. The van der Waals surface area contributed by atoms with Gasteiger partial charge in [0.05, 0.1) is 12.2 Å². The molecule has 2 aromatic rings. The Kier molecular flexibility index (Phi) is 5.44. The Hall–Kier alpha value is -3.20. The monoisotopic (exact) mass is 467 g/mol. The summed E-state index contributed by atoms with van der Waals surface area (Å²) in [5.41, 5.74) is 2.05. The summed E-state index contributed by atoms with van der Waals surface area (Å²) in [4.78, 5) is 53.7. The molecule has 33 heavy (non-hydrogen) atoms. The molecule has 5 rings (SSSR count). The van der Waals surface area contributed by atoms with E-state index in [1.165, 1.54) is 11.3 Å². The van der Waals surface area contributed by atoms with E-state index in [1.807, 2.05) is 24.3 Å². The third kappa shape index (κ3) is 3.51. The maximum absolute atomic E-state index is 13.4. The van der Waals surface area contributed by atoms with E-state index in [2.05, 4.69) is 10.6 Å². The zero-order valence-corrected chi connectivity index (χ0v) is 19.2. The number of fused-ring (bicyclic) bond motifs is 3. The summed E-state index contributed by atoms with van der Waals surface area (Å²) in [7, 11) is 0. The van der Waals surface area contributed by atoms with E-state index < -0.39 is 35.9 Å². The van der Waals surface area contributed by atoms with E-state index in [0.29, 0.717) is 17.0 Å². The second-order valence-electron chi connectivity index (χ2n) is 8.57. The number of anilines is 1. The molecule has 1 saturated heterocycles. The standard InChI is InChI=1S/C24H25N3O5S/c1-2-32-21(29)19-15-9-5-11-17(15)33-20(19)25-18(28)13-27-22(30)24(26-23(27)31)12-6-8-14-7-3-4-10-16(14)24/h3-4,7,10H,2,5-6,8-9,11-13H2,1H3,(H,25,28)(H,26,31). The highest BCUT2D eigenvalue weighted by atomic mass is 32.1. The van der Waals surface area contributed by atoms with Crippen molar-refractivity contribution in [2.24, 2.45) is 0 Å². The summed E-state index contributed by atoms with van der Waals surface area (Å²) in [6.45, 7) is 1.56. The third-order valence-electron chi connectivity index (χ3n) is 6.61. The first-order valence-corrected chi connectivity index (χ1v) is 12.1. The van der Waals surface area contributed by atoms with E-state index in [0.717, 1.165) is 58.6 Å². The van der Waals surface area contributed by atoms with E-state index in [4.69, 9.17) is 4.74 Å². The molecule has 8 nitrogen and oxygen atoms in total. The van der Waals surface area contributed by atoms with Gasteiger partial charge >= 0.3 is 12.0 Å². The van der Waals surface area contributed by atoms with Gasteiger partial charge in [-0.05, 0) is 62.1 Å². The van der Waals surface area contributed by atoms with Crippen molar-refractivity contribution in [1.82, 2.24) is 10.2 Å². The Balaban J connectivity index is 1.36. The highest BCUT2D eigenvalue weighted by Gasteiger charge is 2.54. The van der Waals surface area contributed by atoms with Crippen LogP contribution in [0.5, 0.6) is 0 Å². The Morgan fingerprint density at radius 1 is 1.18 bits per heavy atom. The first kappa shape index (κ1) is 21.6. The second-order valence-corrected chi connectivity index (χ2v) is 9.67. The lowest BCUT2D eigenvalue weighted by atomic mass is 9.76. The fraction of sp³-hybridized carbons (Fsp3) is 0.417. The van der Waals surface area contributed by atoms with Gasteiger partial charge in [-0.25, -0.2) is 9.59 Å². The van der Waals surface area contributed by atoms with Crippen molar-refractivity contribution >= 4 is 40.2 Å². The number of imide groups is 1. The van der Waals surface area contributed by atoms with E-state index in [9.17, 15) is 19.2 Å². The molecule has 1 spiro atoms. The van der Waals surface area contributed by atoms with Crippen molar-refractivity contribution in [1.29, 1.82) is 0 Å². The lowest BCUT2D eigenvalue weighted by Crippen LogP contribution is -2.47. The number of nitrogens with zero attached hydrogens (tertiary/aromatic N) is 1. The number of hydrogen-bond donors (Lipinski definition) is 2. The van der Waals surface area contributed by atoms with Crippen LogP contribution in [0.4, 0.5) is 9.80 Å². The van der Waals surface area contributed by atoms with Gasteiger partial charge in [0.25, 0.3) is 5.91 Å². The number of benzene rings is 1. The normalized spacial score (nSPS) is 21.1. The second kappa shape index (κ2) is 8.30. The number of hydrogen-bond acceptors (Lipinski definition) is 6. The number of nitrogens with one attached hydrogen (secondary N) is 2. The summed E-state index contributed by atoms with van der Waals surface area (Å²) < 4.78 is 5.20. The number of esters is 1. The highest BCUT2D eigenvalue weighted by Crippen LogP contribution is 2.41. The first-order chi connectivity index (χ1) is 15.9. The molecular formula is C24H25N3O5S. The van der Waals surface area contributed by atoms with Crippen LogP contribution in [-0.4, -0.2) is 41.9 Å². The molecule has 9 heteroatoms. The van der Waals surface area contributed by atoms with Gasteiger partial charge < -0.3 is 15.4 Å². The molecule has 1 aromatic heterocycles. The summed E-state index contributed by atoms with van der Waals surface area (Å²) in [6, 6.07) is 7.04. The van der Waals surface area contributed by atoms with Crippen LogP contribution in [0.1, 0.15) is 58.1 Å². The van der Waals surface area contributed by atoms with E-state index in [-0.39, 0.29) is 6.61 Å². The maximum Gasteiger partial charge on any atom is 0.341 e. The fourth-order valence-electron chi connectivity index (χ4n) is 5.18. The minimum absolute atomic E-state index is 0.239. The van der Waals surface area contributed by atoms with Crippen LogP contribution in [0.3, 0.4) is 0 Å². The minimum atomic E-state index is -1.12. The molecule has 1 atom stereocenters. The van der Waals surface area contributed by atoms with Crippen molar-refractivity contribution in [2.45, 2.75) is 51.0 Å². The van der Waals surface area contributed by atoms with Gasteiger partial charge in [0, 0.05) is 4.88 Å². The Labute approximate surface area is 195 Å². The Morgan fingerprint density at radius 2 is 2.00 bits per heavy atom. The predicted molar refractivity (Wildman–Crippen MR) is 122 cm³/mol. The minimum Gasteiger partial charge on any atom is -0.462 e. The van der Waals surface area contributed by atoms with Gasteiger partial charge in [-0.3, -0.25) is 14.5 Å². The molecule has 172 valence electrons. The van der Waals surface area contributed by atoms with Crippen LogP contribution in [0.15, 0.2) is 24.3 Å². The molecule has 0 bridgehead atoms. The summed E-state index contributed by atoms with van der Waals surface area (Å²) >= 11 is 1.37. The number of carbonyl (C=O) groups is 4. The molecule has 2 N–H and O–H groups in total. The van der Waals surface area contributed by atoms with Gasteiger partial charge in [-0.15, -0.1) is 11.3 Å². The van der Waals surface area contributed by atoms with Crippen LogP contribution in [-0.2, 0) is 39.1 Å². The molecule has 1 aliphatic heterocycles. The van der Waals surface area contributed by atoms with E-state index >= 15 is 0 Å². The van der Waals surface area contributed by atoms with Crippen LogP contribution in [0, 0.1) is 0 Å². The molecule has 2 heterocycles. The van der Waals surface area contributed by atoms with Gasteiger partial charge in [0.15, 0.2) is 0 Å². The van der Waals surface area contributed by atoms with Gasteiger partial charge in [0.2, 0.25) is 5.91 Å².